The van der Waals surface area contributed by atoms with Gasteiger partial charge in [-0.25, -0.2) is 4.79 Å². The van der Waals surface area contributed by atoms with Gasteiger partial charge in [0.1, 0.15) is 17.9 Å². The van der Waals surface area contributed by atoms with E-state index in [1.54, 1.807) is 49.4 Å². The molecule has 0 aliphatic carbocycles. The summed E-state index contributed by atoms with van der Waals surface area (Å²) in [6, 6.07) is 13.5. The molecule has 2 aromatic rings. The first-order chi connectivity index (χ1) is 14.1. The van der Waals surface area contributed by atoms with Crippen LogP contribution in [0.1, 0.15) is 17.3 Å². The lowest BCUT2D eigenvalue weighted by molar-refractivity contribution is -0.135. The summed E-state index contributed by atoms with van der Waals surface area (Å²) in [4.78, 5) is 36.1. The lowest BCUT2D eigenvalue weighted by Crippen LogP contribution is -2.51. The Morgan fingerprint density at radius 1 is 1.03 bits per heavy atom. The third-order valence-electron chi connectivity index (χ3n) is 3.87. The smallest absolute Gasteiger partial charge is 0.342 e. The summed E-state index contributed by atoms with van der Waals surface area (Å²) in [5, 5.41) is 0. The summed E-state index contributed by atoms with van der Waals surface area (Å²) < 4.78 is 21.3. The Kier molecular flexibility index (Phi) is 6.51. The molecule has 0 bridgehead atoms. The average Bonchev–Trinajstić information content (AvgIpc) is 2.76. The van der Waals surface area contributed by atoms with E-state index in [1.807, 2.05) is 0 Å². The average molecular weight is 400 g/mol. The van der Waals surface area contributed by atoms with E-state index in [9.17, 15) is 14.4 Å². The highest BCUT2D eigenvalue weighted by atomic mass is 16.6. The SMILES string of the molecule is CCOc1ccccc1C(=O)OCC(=O)NNC(=O)[C@H]1COc2ccccc2O1. The van der Waals surface area contributed by atoms with Gasteiger partial charge in [0.15, 0.2) is 18.1 Å². The number of fused-ring (bicyclic) bond motifs is 1. The standard InChI is InChI=1S/C20H20N2O7/c1-2-26-14-8-4-3-7-13(14)20(25)28-12-18(23)21-22-19(24)17-11-27-15-9-5-6-10-16(15)29-17/h3-10,17H,2,11-12H2,1H3,(H,21,23)(H,22,24)/t17-/m1/s1. The Hall–Kier alpha value is -3.75. The molecule has 1 aliphatic rings. The largest absolute Gasteiger partial charge is 0.493 e. The van der Waals surface area contributed by atoms with Crippen molar-refractivity contribution in [3.05, 3.63) is 54.1 Å². The third kappa shape index (κ3) is 5.16. The number of carbonyl (C=O) groups excluding carboxylic acids is 3. The van der Waals surface area contributed by atoms with E-state index in [4.69, 9.17) is 18.9 Å². The van der Waals surface area contributed by atoms with Crippen molar-refractivity contribution in [3.63, 3.8) is 0 Å². The highest BCUT2D eigenvalue weighted by molar-refractivity contribution is 5.94. The summed E-state index contributed by atoms with van der Waals surface area (Å²) in [7, 11) is 0. The molecule has 9 heteroatoms. The number of carbonyl (C=O) groups is 3. The highest BCUT2D eigenvalue weighted by Crippen LogP contribution is 2.30. The van der Waals surface area contributed by atoms with Crippen LogP contribution in [0.15, 0.2) is 48.5 Å². The summed E-state index contributed by atoms with van der Waals surface area (Å²) in [6.07, 6.45) is -0.925. The lowest BCUT2D eigenvalue weighted by atomic mass is 10.2. The Labute approximate surface area is 166 Å². The molecule has 2 N–H and O–H groups in total. The molecule has 1 heterocycles. The molecule has 0 fully saturated rings. The van der Waals surface area contributed by atoms with Crippen LogP contribution in [-0.4, -0.2) is 43.7 Å². The van der Waals surface area contributed by atoms with Crippen LogP contribution in [0.5, 0.6) is 17.2 Å². The minimum atomic E-state index is -0.925. The van der Waals surface area contributed by atoms with E-state index in [2.05, 4.69) is 10.9 Å². The molecular weight excluding hydrogens is 380 g/mol. The Morgan fingerprint density at radius 3 is 2.55 bits per heavy atom. The second kappa shape index (κ2) is 9.45. The number of ether oxygens (including phenoxy) is 4. The van der Waals surface area contributed by atoms with Crippen LogP contribution in [0.3, 0.4) is 0 Å². The maximum Gasteiger partial charge on any atom is 0.342 e. The van der Waals surface area contributed by atoms with Gasteiger partial charge in [0.25, 0.3) is 11.8 Å². The monoisotopic (exact) mass is 400 g/mol. The maximum absolute atomic E-state index is 12.1. The van der Waals surface area contributed by atoms with Crippen molar-refractivity contribution in [2.24, 2.45) is 0 Å². The molecule has 0 unspecified atom stereocenters. The van der Waals surface area contributed by atoms with E-state index in [1.165, 1.54) is 6.07 Å². The van der Waals surface area contributed by atoms with E-state index in [0.717, 1.165) is 0 Å². The molecule has 2 amide bonds. The first-order valence-electron chi connectivity index (χ1n) is 8.94. The number of hydrazine groups is 1. The summed E-state index contributed by atoms with van der Waals surface area (Å²) >= 11 is 0. The molecule has 0 aromatic heterocycles. The number of esters is 1. The second-order valence-corrected chi connectivity index (χ2v) is 5.91. The van der Waals surface area contributed by atoms with Gasteiger partial charge in [-0.05, 0) is 31.2 Å². The van der Waals surface area contributed by atoms with Crippen LogP contribution in [0.4, 0.5) is 0 Å². The zero-order valence-corrected chi connectivity index (χ0v) is 15.7. The van der Waals surface area contributed by atoms with Gasteiger partial charge >= 0.3 is 5.97 Å². The van der Waals surface area contributed by atoms with Crippen LogP contribution in [0, 0.1) is 0 Å². The van der Waals surface area contributed by atoms with Gasteiger partial charge in [-0.3, -0.25) is 20.4 Å². The number of nitrogens with one attached hydrogen (secondary N) is 2. The highest BCUT2D eigenvalue weighted by Gasteiger charge is 2.27. The Bertz CT molecular complexity index is 900. The Balaban J connectivity index is 1.44. The number of benzene rings is 2. The molecule has 0 saturated carbocycles. The first-order valence-corrected chi connectivity index (χ1v) is 8.94. The van der Waals surface area contributed by atoms with Crippen molar-refractivity contribution in [2.75, 3.05) is 19.8 Å². The van der Waals surface area contributed by atoms with Crippen molar-refractivity contribution in [3.8, 4) is 17.2 Å². The second-order valence-electron chi connectivity index (χ2n) is 5.91. The maximum atomic E-state index is 12.1. The molecule has 1 atom stereocenters. The zero-order chi connectivity index (χ0) is 20.6. The van der Waals surface area contributed by atoms with Crippen molar-refractivity contribution in [1.82, 2.24) is 10.9 Å². The molecule has 0 spiro atoms. The van der Waals surface area contributed by atoms with Gasteiger partial charge in [-0.15, -0.1) is 0 Å². The predicted octanol–water partition coefficient (Wildman–Crippen LogP) is 1.23. The molecule has 2 aromatic carbocycles. The van der Waals surface area contributed by atoms with E-state index < -0.39 is 30.5 Å². The summed E-state index contributed by atoms with van der Waals surface area (Å²) in [5.74, 6) is -0.676. The fraction of sp³-hybridized carbons (Fsp3) is 0.250. The number of hydrogen-bond donors (Lipinski definition) is 2. The van der Waals surface area contributed by atoms with Crippen LogP contribution < -0.4 is 25.1 Å². The van der Waals surface area contributed by atoms with Crippen LogP contribution >= 0.6 is 0 Å². The van der Waals surface area contributed by atoms with E-state index in [-0.39, 0.29) is 12.2 Å². The lowest BCUT2D eigenvalue weighted by Gasteiger charge is -2.25. The van der Waals surface area contributed by atoms with Crippen molar-refractivity contribution < 1.29 is 33.3 Å². The third-order valence-corrected chi connectivity index (χ3v) is 3.87. The minimum absolute atomic E-state index is 0.00190. The minimum Gasteiger partial charge on any atom is -0.493 e. The van der Waals surface area contributed by atoms with Crippen molar-refractivity contribution in [1.29, 1.82) is 0 Å². The number of rotatable bonds is 6. The van der Waals surface area contributed by atoms with Crippen LogP contribution in [0.25, 0.3) is 0 Å². The molecule has 0 saturated heterocycles. The normalized spacial score (nSPS) is 14.4. The summed E-state index contributed by atoms with van der Waals surface area (Å²) in [5.41, 5.74) is 4.59. The fourth-order valence-corrected chi connectivity index (χ4v) is 2.52. The fourth-order valence-electron chi connectivity index (χ4n) is 2.52. The van der Waals surface area contributed by atoms with Gasteiger partial charge in [0.05, 0.1) is 6.61 Å². The van der Waals surface area contributed by atoms with Crippen molar-refractivity contribution >= 4 is 17.8 Å². The number of para-hydroxylation sites is 3. The number of hydrogen-bond acceptors (Lipinski definition) is 7. The predicted molar refractivity (Wildman–Crippen MR) is 101 cm³/mol. The molecule has 1 aliphatic heterocycles. The molecule has 0 radical (unpaired) electrons. The quantitative estimate of drug-likeness (QED) is 0.554. The van der Waals surface area contributed by atoms with Crippen LogP contribution in [0.2, 0.25) is 0 Å². The molecule has 3 rings (SSSR count). The zero-order valence-electron chi connectivity index (χ0n) is 15.7. The Morgan fingerprint density at radius 2 is 1.76 bits per heavy atom. The molecule has 29 heavy (non-hydrogen) atoms. The van der Waals surface area contributed by atoms with Gasteiger partial charge in [-0.2, -0.15) is 0 Å². The van der Waals surface area contributed by atoms with Gasteiger partial charge in [-0.1, -0.05) is 24.3 Å². The topological polar surface area (TPSA) is 112 Å². The van der Waals surface area contributed by atoms with E-state index >= 15 is 0 Å². The van der Waals surface area contributed by atoms with E-state index in [0.29, 0.717) is 23.9 Å². The number of amides is 2. The summed E-state index contributed by atoms with van der Waals surface area (Å²) in [6.45, 7) is 1.60. The van der Waals surface area contributed by atoms with Gasteiger partial charge in [0, 0.05) is 0 Å². The first kappa shape index (κ1) is 20.0. The van der Waals surface area contributed by atoms with Crippen molar-refractivity contribution in [2.45, 2.75) is 13.0 Å². The van der Waals surface area contributed by atoms with Gasteiger partial charge in [0.2, 0.25) is 6.10 Å². The molecule has 152 valence electrons. The van der Waals surface area contributed by atoms with Gasteiger partial charge < -0.3 is 18.9 Å². The van der Waals surface area contributed by atoms with Crippen LogP contribution in [-0.2, 0) is 14.3 Å². The molecular formula is C20H20N2O7. The molecule has 9 nitrogen and oxygen atoms in total.